The van der Waals surface area contributed by atoms with Crippen LogP contribution in [0.4, 0.5) is 22.7 Å². The van der Waals surface area contributed by atoms with Crippen molar-refractivity contribution in [3.8, 4) is 46.0 Å². The number of fused-ring (bicyclic) bond motifs is 8. The van der Waals surface area contributed by atoms with E-state index in [1.54, 1.807) is 0 Å². The molecule has 0 radical (unpaired) electrons. The number of benzene rings is 8. The van der Waals surface area contributed by atoms with E-state index in [9.17, 15) is 98.4 Å². The number of piperazine rings is 1. The van der Waals surface area contributed by atoms with E-state index < -0.39 is 69.3 Å². The molecule has 15 rings (SSSR count). The van der Waals surface area contributed by atoms with Gasteiger partial charge in [-0.25, -0.2) is 0 Å². The van der Waals surface area contributed by atoms with Gasteiger partial charge in [-0.05, 0) is 94.6 Å². The van der Waals surface area contributed by atoms with Gasteiger partial charge in [-0.2, -0.15) is 0 Å². The van der Waals surface area contributed by atoms with E-state index in [2.05, 4.69) is 31.1 Å². The zero-order chi connectivity index (χ0) is 80.1. The normalized spacial score (nSPS) is 15.7. The van der Waals surface area contributed by atoms with Crippen LogP contribution in [0, 0.1) is 0 Å². The first-order chi connectivity index (χ1) is 53.6. The third-order valence-electron chi connectivity index (χ3n) is 20.1. The molecular weight excluding hydrogens is 1450 g/mol. The van der Waals surface area contributed by atoms with E-state index in [4.69, 9.17) is 4.74 Å². The average Bonchev–Trinajstić information content (AvgIpc) is 0.763. The van der Waals surface area contributed by atoms with Crippen molar-refractivity contribution < 1.29 is 103 Å². The minimum Gasteiger partial charge on any atom is -0.507 e. The third kappa shape index (κ3) is 16.5. The fraction of sp³-hybridized carbons (Fsp3) is 0.268. The first-order valence-corrected chi connectivity index (χ1v) is 36.1. The molecule has 578 valence electrons. The quantitative estimate of drug-likeness (QED) is 0.0541. The summed E-state index contributed by atoms with van der Waals surface area (Å²) < 4.78 is 5.24. The maximum atomic E-state index is 12.8. The van der Waals surface area contributed by atoms with Crippen molar-refractivity contribution >= 4 is 92.6 Å². The molecule has 3 fully saturated rings. The van der Waals surface area contributed by atoms with Crippen molar-refractivity contribution in [2.75, 3.05) is 133 Å². The number of amides is 4. The van der Waals surface area contributed by atoms with E-state index in [0.29, 0.717) is 39.4 Å². The topological polar surface area (TPSA) is 440 Å². The zero-order valence-corrected chi connectivity index (χ0v) is 61.1. The highest BCUT2D eigenvalue weighted by molar-refractivity contribution is 6.34. The summed E-state index contributed by atoms with van der Waals surface area (Å²) in [5.41, 5.74) is 0.0760. The Hall–Kier alpha value is -12.8. The van der Waals surface area contributed by atoms with Crippen LogP contribution in [-0.4, -0.2) is 247 Å². The predicted octanol–water partition coefficient (Wildman–Crippen LogP) is 6.65. The van der Waals surface area contributed by atoms with E-state index >= 15 is 0 Å². The lowest BCUT2D eigenvalue weighted by molar-refractivity contribution is -0.119. The summed E-state index contributed by atoms with van der Waals surface area (Å²) in [4.78, 5) is 161. The number of phenolic OH excluding ortho intramolecular Hbond substituents is 8. The highest BCUT2D eigenvalue weighted by Crippen LogP contribution is 2.43. The lowest BCUT2D eigenvalue weighted by Crippen LogP contribution is -2.47. The second kappa shape index (κ2) is 33.6. The number of likely N-dealkylation sites (tertiary alicyclic amines) is 1. The van der Waals surface area contributed by atoms with Crippen LogP contribution < -0.4 is 21.3 Å². The van der Waals surface area contributed by atoms with E-state index in [-0.39, 0.29) is 185 Å². The smallest absolute Gasteiger partial charge is 0.238 e. The summed E-state index contributed by atoms with van der Waals surface area (Å²) in [5.74, 6) is -8.47. The largest absolute Gasteiger partial charge is 0.507 e. The summed E-state index contributed by atoms with van der Waals surface area (Å²) in [6.07, 6.45) is 3.30. The highest BCUT2D eigenvalue weighted by Gasteiger charge is 2.40. The van der Waals surface area contributed by atoms with Crippen LogP contribution in [0.25, 0.3) is 0 Å². The molecule has 4 amide bonds. The number of nitrogens with one attached hydrogen (secondary N) is 4. The van der Waals surface area contributed by atoms with Crippen molar-refractivity contribution in [1.82, 2.24) is 24.5 Å². The lowest BCUT2D eigenvalue weighted by atomic mass is 9.83. The Morgan fingerprint density at radius 2 is 0.598 bits per heavy atom. The Morgan fingerprint density at radius 1 is 0.330 bits per heavy atom. The standard InChI is InChI=1S/C21H21N3O5.C21H20N2O5.C20H18N2O6.C20H20N2O5/c1-23-5-7-24(8-6-23)11-17(27)22-12-9-14-19(16(26)10-12)21(29)18-13(20(14)28)3-2-4-15(18)25;24-15-6-4-5-13-18(15)21(28)19-14(20(13)27)9-12(10-16(19)25)22-17(26)11-23-7-2-1-3-8-23;23-14-3-1-2-12-17(14)20(27)18-13(19(12)26)8-11(9-15(18)24)21-16(25)10-22-4-6-28-7-5-22;1-3-22(4-2)10-16(25)21-11-8-13-18(15(24)9-11)20(27)17-12(19(13)26)6-5-7-14(17)23/h2-4,9-10,25-26H,5-8,11H2,1H3,(H,22,27);4-6,9-10,24-25H,1-3,7-8,11H2,(H,22,26);1-3,8-9,23-24H,4-7,10H2,(H,21,25);5-9,23-24H,3-4,10H2,1-2H3,(H,21,25). The second-order valence-electron chi connectivity index (χ2n) is 27.6. The van der Waals surface area contributed by atoms with Crippen molar-refractivity contribution in [1.29, 1.82) is 0 Å². The van der Waals surface area contributed by atoms with Gasteiger partial charge >= 0.3 is 0 Å². The minimum absolute atomic E-state index is 0.00278. The molecule has 12 N–H and O–H groups in total. The summed E-state index contributed by atoms with van der Waals surface area (Å²) in [6.45, 7) is 13.6. The maximum absolute atomic E-state index is 12.8. The molecule has 0 atom stereocenters. The van der Waals surface area contributed by atoms with Crippen LogP contribution in [-0.2, 0) is 23.9 Å². The van der Waals surface area contributed by atoms with Gasteiger partial charge in [-0.3, -0.25) is 77.1 Å². The number of rotatable bonds is 14. The number of phenols is 8. The maximum Gasteiger partial charge on any atom is 0.238 e. The van der Waals surface area contributed by atoms with Crippen molar-refractivity contribution in [3.05, 3.63) is 210 Å². The molecule has 4 aliphatic carbocycles. The van der Waals surface area contributed by atoms with Crippen LogP contribution in [0.3, 0.4) is 0 Å². The van der Waals surface area contributed by atoms with Gasteiger partial charge in [0.2, 0.25) is 46.8 Å². The predicted molar refractivity (Wildman–Crippen MR) is 406 cm³/mol. The van der Waals surface area contributed by atoms with Crippen LogP contribution in [0.2, 0.25) is 0 Å². The van der Waals surface area contributed by atoms with Gasteiger partial charge in [0.05, 0.1) is 83.9 Å². The molecule has 30 nitrogen and oxygen atoms in total. The summed E-state index contributed by atoms with van der Waals surface area (Å²) in [7, 11) is 2.03. The molecule has 0 bridgehead atoms. The number of nitrogens with zero attached hydrogens (tertiary/aromatic N) is 5. The van der Waals surface area contributed by atoms with Crippen LogP contribution >= 0.6 is 0 Å². The molecule has 0 unspecified atom stereocenters. The van der Waals surface area contributed by atoms with Gasteiger partial charge in [0.15, 0.2) is 23.1 Å². The molecule has 0 spiro atoms. The van der Waals surface area contributed by atoms with Crippen molar-refractivity contribution in [3.63, 3.8) is 0 Å². The van der Waals surface area contributed by atoms with Gasteiger partial charge in [0.25, 0.3) is 0 Å². The Bertz CT molecular complexity index is 5080. The van der Waals surface area contributed by atoms with Gasteiger partial charge in [-0.1, -0.05) is 68.8 Å². The fourth-order valence-electron chi connectivity index (χ4n) is 14.4. The minimum atomic E-state index is -0.633. The molecular formula is C82H79N9O21. The van der Waals surface area contributed by atoms with Crippen LogP contribution in [0.5, 0.6) is 46.0 Å². The number of aromatic hydroxyl groups is 8. The number of ether oxygens (including phenoxy) is 1. The number of likely N-dealkylation sites (N-methyl/N-ethyl adjacent to an activating group) is 2. The van der Waals surface area contributed by atoms with Crippen LogP contribution in [0.15, 0.2) is 121 Å². The molecule has 8 aromatic carbocycles. The number of carbonyl (C=O) groups excluding carboxylic acids is 12. The summed E-state index contributed by atoms with van der Waals surface area (Å²) in [6, 6.07) is 27.5. The van der Waals surface area contributed by atoms with Crippen molar-refractivity contribution in [2.24, 2.45) is 0 Å². The van der Waals surface area contributed by atoms with Gasteiger partial charge in [0, 0.05) is 131 Å². The average molecular weight is 1530 g/mol. The number of anilines is 4. The number of ketones is 8. The molecule has 3 aliphatic heterocycles. The first-order valence-electron chi connectivity index (χ1n) is 36.1. The molecule has 7 aliphatic rings. The number of morpholine rings is 1. The van der Waals surface area contributed by atoms with Gasteiger partial charge in [0.1, 0.15) is 46.0 Å². The molecule has 0 aromatic heterocycles. The second-order valence-corrected chi connectivity index (χ2v) is 27.6. The number of hydrogen-bond acceptors (Lipinski definition) is 26. The summed E-state index contributed by atoms with van der Waals surface area (Å²) in [5, 5.41) is 92.0. The molecule has 8 aromatic rings. The molecule has 112 heavy (non-hydrogen) atoms. The highest BCUT2D eigenvalue weighted by atomic mass is 16.5. The molecule has 3 heterocycles. The zero-order valence-electron chi connectivity index (χ0n) is 61.1. The Morgan fingerprint density at radius 3 is 0.893 bits per heavy atom. The Labute approximate surface area is 640 Å². The number of carbonyl (C=O) groups is 12. The summed E-state index contributed by atoms with van der Waals surface area (Å²) >= 11 is 0. The molecule has 30 heteroatoms. The van der Waals surface area contributed by atoms with E-state index in [1.165, 1.54) is 128 Å². The Kier molecular flexibility index (Phi) is 23.6. The third-order valence-corrected chi connectivity index (χ3v) is 20.1. The van der Waals surface area contributed by atoms with Crippen molar-refractivity contribution in [2.45, 2.75) is 33.1 Å². The molecule has 3 saturated heterocycles. The van der Waals surface area contributed by atoms with Crippen LogP contribution in [0.1, 0.15) is 160 Å². The van der Waals surface area contributed by atoms with E-state index in [0.717, 1.165) is 52.1 Å². The SMILES string of the molecule is CCN(CC)CC(=O)Nc1cc(O)c2c(c1)C(=O)c1cccc(O)c1C2=O.CN1CCN(CC(=O)Nc2cc(O)c3c(c2)C(=O)c2cccc(O)c2C3=O)CC1.O=C(CN1CCCCC1)Nc1cc(O)c2c(c1)C(=O)c1cccc(O)c1C2=O.O=C(CN1CCOCC1)Nc1cc(O)c2c(c1)C(=O)c1cccc(O)c1C2=O. The Balaban J connectivity index is 0.000000139. The van der Waals surface area contributed by atoms with Gasteiger partial charge in [-0.15, -0.1) is 0 Å². The molecule has 0 saturated carbocycles. The number of hydrogen-bond donors (Lipinski definition) is 12. The van der Waals surface area contributed by atoms with E-state index in [1.807, 2.05) is 35.6 Å². The monoisotopic (exact) mass is 1530 g/mol. The fourth-order valence-corrected chi connectivity index (χ4v) is 14.4. The first kappa shape index (κ1) is 78.7. The lowest BCUT2D eigenvalue weighted by Gasteiger charge is -2.31. The number of piperidine rings is 1. The van der Waals surface area contributed by atoms with Gasteiger partial charge < -0.3 is 71.8 Å².